The Labute approximate surface area is 101 Å². The molecule has 3 N–H and O–H groups in total. The van der Waals surface area contributed by atoms with Gasteiger partial charge in [-0.2, -0.15) is 0 Å². The quantitative estimate of drug-likeness (QED) is 0.838. The Morgan fingerprint density at radius 3 is 2.59 bits per heavy atom. The van der Waals surface area contributed by atoms with E-state index < -0.39 is 5.97 Å². The number of hydrogen-bond acceptors (Lipinski definition) is 3. The van der Waals surface area contributed by atoms with Crippen molar-refractivity contribution in [2.24, 2.45) is 17.6 Å². The van der Waals surface area contributed by atoms with Gasteiger partial charge < -0.3 is 10.8 Å². The number of aromatic nitrogens is 1. The zero-order valence-electron chi connectivity index (χ0n) is 9.75. The van der Waals surface area contributed by atoms with Gasteiger partial charge in [-0.3, -0.25) is 9.78 Å². The van der Waals surface area contributed by atoms with Crippen molar-refractivity contribution < 1.29 is 9.90 Å². The average Bonchev–Trinajstić information content (AvgIpc) is 2.39. The van der Waals surface area contributed by atoms with Crippen molar-refractivity contribution in [1.82, 2.24) is 4.98 Å². The molecule has 1 saturated carbocycles. The van der Waals surface area contributed by atoms with Crippen LogP contribution < -0.4 is 5.73 Å². The van der Waals surface area contributed by atoms with Crippen molar-refractivity contribution in [3.63, 3.8) is 0 Å². The van der Waals surface area contributed by atoms with Crippen LogP contribution in [0.15, 0.2) is 24.4 Å². The summed E-state index contributed by atoms with van der Waals surface area (Å²) in [6.07, 6.45) is 4.99. The fourth-order valence-corrected chi connectivity index (χ4v) is 2.54. The number of carboxylic acid groups (broad SMARTS) is 1. The Morgan fingerprint density at radius 2 is 2.06 bits per heavy atom. The van der Waals surface area contributed by atoms with Crippen LogP contribution >= 0.6 is 0 Å². The van der Waals surface area contributed by atoms with E-state index >= 15 is 0 Å². The Hall–Kier alpha value is -1.42. The van der Waals surface area contributed by atoms with E-state index in [2.05, 4.69) is 4.98 Å². The Kier molecular flexibility index (Phi) is 3.74. The highest BCUT2D eigenvalue weighted by Gasteiger charge is 2.29. The van der Waals surface area contributed by atoms with Gasteiger partial charge in [0.15, 0.2) is 0 Å². The predicted octanol–water partition coefficient (Wildman–Crippen LogP) is 1.97. The van der Waals surface area contributed by atoms with Crippen molar-refractivity contribution >= 4 is 5.97 Å². The normalized spacial score (nSPS) is 26.4. The van der Waals surface area contributed by atoms with Crippen molar-refractivity contribution in [2.45, 2.75) is 31.7 Å². The molecule has 4 heteroatoms. The number of pyridine rings is 1. The van der Waals surface area contributed by atoms with E-state index in [4.69, 9.17) is 10.8 Å². The zero-order chi connectivity index (χ0) is 12.3. The summed E-state index contributed by atoms with van der Waals surface area (Å²) in [5, 5.41) is 8.94. The maximum atomic E-state index is 10.9. The summed E-state index contributed by atoms with van der Waals surface area (Å²) in [6, 6.07) is 5.68. The first-order valence-corrected chi connectivity index (χ1v) is 6.08. The molecule has 1 fully saturated rings. The van der Waals surface area contributed by atoms with Gasteiger partial charge in [-0.15, -0.1) is 0 Å². The summed E-state index contributed by atoms with van der Waals surface area (Å²) in [5.41, 5.74) is 7.09. The summed E-state index contributed by atoms with van der Waals surface area (Å²) in [7, 11) is 0. The van der Waals surface area contributed by atoms with Gasteiger partial charge in [-0.1, -0.05) is 6.07 Å². The third kappa shape index (κ3) is 2.82. The Balaban J connectivity index is 1.95. The van der Waals surface area contributed by atoms with Crippen LogP contribution in [0.2, 0.25) is 0 Å². The number of nitrogens with zero attached hydrogens (tertiary/aromatic N) is 1. The molecule has 0 radical (unpaired) electrons. The second kappa shape index (κ2) is 5.27. The number of rotatable bonds is 3. The van der Waals surface area contributed by atoms with Crippen LogP contribution in [0.4, 0.5) is 0 Å². The highest BCUT2D eigenvalue weighted by molar-refractivity contribution is 5.70. The van der Waals surface area contributed by atoms with Crippen molar-refractivity contribution in [2.75, 3.05) is 0 Å². The molecule has 1 atom stereocenters. The highest BCUT2D eigenvalue weighted by atomic mass is 16.4. The molecule has 0 bridgehead atoms. The molecule has 1 aliphatic carbocycles. The lowest BCUT2D eigenvalue weighted by Crippen LogP contribution is -2.29. The van der Waals surface area contributed by atoms with Crippen LogP contribution in [-0.4, -0.2) is 16.1 Å². The van der Waals surface area contributed by atoms with Gasteiger partial charge >= 0.3 is 5.97 Å². The summed E-state index contributed by atoms with van der Waals surface area (Å²) < 4.78 is 0. The van der Waals surface area contributed by atoms with Crippen LogP contribution in [0.1, 0.15) is 37.4 Å². The van der Waals surface area contributed by atoms with E-state index in [0.29, 0.717) is 5.92 Å². The Morgan fingerprint density at radius 1 is 1.35 bits per heavy atom. The molecular formula is C13H18N2O2. The molecule has 1 heterocycles. The van der Waals surface area contributed by atoms with E-state index in [0.717, 1.165) is 31.4 Å². The van der Waals surface area contributed by atoms with E-state index in [1.165, 1.54) is 0 Å². The molecule has 1 unspecified atom stereocenters. The summed E-state index contributed by atoms with van der Waals surface area (Å²) in [4.78, 5) is 15.1. The van der Waals surface area contributed by atoms with Gasteiger partial charge in [0, 0.05) is 12.2 Å². The minimum atomic E-state index is -0.671. The molecule has 92 valence electrons. The number of aliphatic carboxylic acids is 1. The molecular weight excluding hydrogens is 216 g/mol. The van der Waals surface area contributed by atoms with Gasteiger partial charge in [-0.25, -0.2) is 0 Å². The zero-order valence-corrected chi connectivity index (χ0v) is 9.75. The third-order valence-electron chi connectivity index (χ3n) is 3.66. The second-order valence-electron chi connectivity index (χ2n) is 4.73. The Bertz CT molecular complexity index is 372. The first-order valence-electron chi connectivity index (χ1n) is 6.08. The van der Waals surface area contributed by atoms with Crippen molar-refractivity contribution in [3.05, 3.63) is 30.1 Å². The monoisotopic (exact) mass is 234 g/mol. The second-order valence-corrected chi connectivity index (χ2v) is 4.73. The van der Waals surface area contributed by atoms with Crippen LogP contribution in [-0.2, 0) is 4.79 Å². The molecule has 0 aromatic carbocycles. The van der Waals surface area contributed by atoms with E-state index in [9.17, 15) is 4.79 Å². The molecule has 1 aliphatic rings. The standard InChI is InChI=1S/C13H18N2O2/c14-12(11-3-1-2-8-15-11)9-4-6-10(7-5-9)13(16)17/h1-3,8-10,12H,4-7,14H2,(H,16,17). The molecule has 2 rings (SSSR count). The van der Waals surface area contributed by atoms with Crippen LogP contribution in [0.25, 0.3) is 0 Å². The predicted molar refractivity (Wildman–Crippen MR) is 64.2 cm³/mol. The number of hydrogen-bond donors (Lipinski definition) is 2. The molecule has 0 aliphatic heterocycles. The van der Waals surface area contributed by atoms with Crippen LogP contribution in [0.5, 0.6) is 0 Å². The maximum Gasteiger partial charge on any atom is 0.306 e. The third-order valence-corrected chi connectivity index (χ3v) is 3.66. The van der Waals surface area contributed by atoms with E-state index in [1.54, 1.807) is 6.20 Å². The highest BCUT2D eigenvalue weighted by Crippen LogP contribution is 2.35. The summed E-state index contributed by atoms with van der Waals surface area (Å²) in [6.45, 7) is 0. The lowest BCUT2D eigenvalue weighted by molar-refractivity contribution is -0.143. The summed E-state index contributed by atoms with van der Waals surface area (Å²) >= 11 is 0. The lowest BCUT2D eigenvalue weighted by atomic mass is 9.78. The molecule has 0 amide bonds. The molecule has 1 aromatic heterocycles. The molecule has 0 saturated heterocycles. The molecule has 0 spiro atoms. The molecule has 1 aromatic rings. The minimum absolute atomic E-state index is 0.0639. The van der Waals surface area contributed by atoms with Gasteiger partial charge in [-0.05, 0) is 43.7 Å². The average molecular weight is 234 g/mol. The van der Waals surface area contributed by atoms with Crippen molar-refractivity contribution in [1.29, 1.82) is 0 Å². The molecule has 17 heavy (non-hydrogen) atoms. The van der Waals surface area contributed by atoms with Gasteiger partial charge in [0.1, 0.15) is 0 Å². The van der Waals surface area contributed by atoms with Gasteiger partial charge in [0.2, 0.25) is 0 Å². The number of nitrogens with two attached hydrogens (primary N) is 1. The van der Waals surface area contributed by atoms with E-state index in [1.807, 2.05) is 18.2 Å². The van der Waals surface area contributed by atoms with Crippen molar-refractivity contribution in [3.8, 4) is 0 Å². The first-order chi connectivity index (χ1) is 8.18. The lowest BCUT2D eigenvalue weighted by Gasteiger charge is -2.30. The topological polar surface area (TPSA) is 76.2 Å². The van der Waals surface area contributed by atoms with Crippen LogP contribution in [0.3, 0.4) is 0 Å². The van der Waals surface area contributed by atoms with Gasteiger partial charge in [0.25, 0.3) is 0 Å². The van der Waals surface area contributed by atoms with Gasteiger partial charge in [0.05, 0.1) is 11.6 Å². The smallest absolute Gasteiger partial charge is 0.306 e. The fourth-order valence-electron chi connectivity index (χ4n) is 2.54. The largest absolute Gasteiger partial charge is 0.481 e. The van der Waals surface area contributed by atoms with E-state index in [-0.39, 0.29) is 12.0 Å². The number of carboxylic acids is 1. The fraction of sp³-hybridized carbons (Fsp3) is 0.538. The number of carbonyl (C=O) groups is 1. The first kappa shape index (κ1) is 12.0. The SMILES string of the molecule is NC(c1ccccn1)C1CCC(C(=O)O)CC1. The maximum absolute atomic E-state index is 10.9. The minimum Gasteiger partial charge on any atom is -0.481 e. The summed E-state index contributed by atoms with van der Waals surface area (Å²) in [5.74, 6) is -0.488. The van der Waals surface area contributed by atoms with Crippen LogP contribution in [0, 0.1) is 11.8 Å². The molecule has 4 nitrogen and oxygen atoms in total.